The molecule has 0 atom stereocenters. The van der Waals surface area contributed by atoms with Crippen LogP contribution in [-0.2, 0) is 10.8 Å². The topological polar surface area (TPSA) is 16.4 Å². The molecule has 0 saturated carbocycles. The van der Waals surface area contributed by atoms with E-state index in [1.807, 2.05) is 0 Å². The van der Waals surface area contributed by atoms with Crippen LogP contribution in [0.4, 0.5) is 17.1 Å². The quantitative estimate of drug-likeness (QED) is 0.159. The van der Waals surface area contributed by atoms with E-state index in [0.717, 1.165) is 39.0 Å². The smallest absolute Gasteiger partial charge is 0.159 e. The second kappa shape index (κ2) is 14.2. The van der Waals surface area contributed by atoms with Gasteiger partial charge in [-0.05, 0) is 91.5 Å². The summed E-state index contributed by atoms with van der Waals surface area (Å²) in [5.41, 5.74) is 18.6. The molecule has 300 valence electrons. The lowest BCUT2D eigenvalue weighted by Gasteiger charge is -2.35. The number of para-hydroxylation sites is 2. The second-order valence-corrected chi connectivity index (χ2v) is 17.0. The predicted octanol–water partition coefficient (Wildman–Crippen LogP) is 15.8. The lowest BCUT2D eigenvalue weighted by Crippen LogP contribution is -2.29. The third-order valence-corrected chi connectivity index (χ3v) is 14.0. The van der Waals surface area contributed by atoms with Crippen molar-refractivity contribution in [2.45, 2.75) is 10.8 Å². The van der Waals surface area contributed by atoms with Gasteiger partial charge < -0.3 is 9.32 Å². The minimum absolute atomic E-state index is 0.545. The van der Waals surface area contributed by atoms with E-state index >= 15 is 0 Å². The highest BCUT2D eigenvalue weighted by Gasteiger charge is 2.49. The molecule has 0 fully saturated rings. The molecule has 0 radical (unpaired) electrons. The van der Waals surface area contributed by atoms with Gasteiger partial charge in [0.25, 0.3) is 0 Å². The number of furan rings is 1. The van der Waals surface area contributed by atoms with Crippen molar-refractivity contribution in [3.63, 3.8) is 0 Å². The van der Waals surface area contributed by atoms with E-state index < -0.39 is 10.8 Å². The van der Waals surface area contributed by atoms with Crippen LogP contribution < -0.4 is 4.90 Å². The van der Waals surface area contributed by atoms with Crippen LogP contribution in [0.15, 0.2) is 253 Å². The summed E-state index contributed by atoms with van der Waals surface area (Å²) in [6.45, 7) is 0. The minimum atomic E-state index is -0.618. The number of rotatable bonds is 7. The molecule has 0 unspecified atom stereocenters. The Labute approximate surface area is 373 Å². The van der Waals surface area contributed by atoms with Crippen LogP contribution in [0.2, 0.25) is 0 Å². The van der Waals surface area contributed by atoms with Gasteiger partial charge in [-0.3, -0.25) is 0 Å². The Bertz CT molecular complexity index is 3470. The Morgan fingerprint density at radius 2 is 0.781 bits per heavy atom. The first kappa shape index (κ1) is 36.5. The molecule has 10 aromatic carbocycles. The molecule has 0 N–H and O–H groups in total. The first-order chi connectivity index (χ1) is 31.8. The van der Waals surface area contributed by atoms with Gasteiger partial charge in [0.05, 0.1) is 22.2 Å². The van der Waals surface area contributed by atoms with Crippen molar-refractivity contribution in [3.8, 4) is 22.3 Å². The summed E-state index contributed by atoms with van der Waals surface area (Å²) >= 11 is 0. The Hall–Kier alpha value is -8.20. The van der Waals surface area contributed by atoms with Gasteiger partial charge in [0.1, 0.15) is 5.58 Å². The number of hydrogen-bond donors (Lipinski definition) is 0. The van der Waals surface area contributed by atoms with E-state index in [1.165, 1.54) is 66.8 Å². The Morgan fingerprint density at radius 3 is 1.39 bits per heavy atom. The van der Waals surface area contributed by atoms with Crippen molar-refractivity contribution in [2.75, 3.05) is 4.90 Å². The third-order valence-electron chi connectivity index (χ3n) is 14.0. The Balaban J connectivity index is 1.15. The Morgan fingerprint density at radius 1 is 0.312 bits per heavy atom. The maximum absolute atomic E-state index is 7.29. The highest BCUT2D eigenvalue weighted by Crippen LogP contribution is 2.62. The molecule has 2 heteroatoms. The summed E-state index contributed by atoms with van der Waals surface area (Å²) in [4.78, 5) is 2.45. The molecule has 64 heavy (non-hydrogen) atoms. The van der Waals surface area contributed by atoms with E-state index in [1.54, 1.807) is 0 Å². The third kappa shape index (κ3) is 4.91. The largest absolute Gasteiger partial charge is 0.454 e. The fraction of sp³-hybridized carbons (Fsp3) is 0.0323. The van der Waals surface area contributed by atoms with Gasteiger partial charge in [-0.25, -0.2) is 0 Å². The van der Waals surface area contributed by atoms with Gasteiger partial charge in [0.2, 0.25) is 0 Å². The summed E-state index contributed by atoms with van der Waals surface area (Å²) in [5, 5.41) is 2.20. The first-order valence-corrected chi connectivity index (χ1v) is 22.2. The summed E-state index contributed by atoms with van der Waals surface area (Å²) in [5.74, 6) is 0. The van der Waals surface area contributed by atoms with Crippen molar-refractivity contribution in [1.29, 1.82) is 0 Å². The maximum atomic E-state index is 7.29. The molecule has 0 saturated heterocycles. The summed E-state index contributed by atoms with van der Waals surface area (Å²) in [6.07, 6.45) is 0. The highest BCUT2D eigenvalue weighted by molar-refractivity contribution is 6.14. The number of anilines is 3. The molecule has 2 aliphatic carbocycles. The molecule has 0 amide bonds. The molecule has 1 heterocycles. The molecule has 0 aliphatic heterocycles. The van der Waals surface area contributed by atoms with Crippen molar-refractivity contribution in [2.24, 2.45) is 0 Å². The highest BCUT2D eigenvalue weighted by atomic mass is 16.3. The number of nitrogens with zero attached hydrogens (tertiary/aromatic N) is 1. The van der Waals surface area contributed by atoms with Crippen molar-refractivity contribution in [3.05, 3.63) is 293 Å². The zero-order valence-electron chi connectivity index (χ0n) is 35.0. The molecule has 2 nitrogen and oxygen atoms in total. The van der Waals surface area contributed by atoms with Crippen molar-refractivity contribution >= 4 is 39.0 Å². The second-order valence-electron chi connectivity index (χ2n) is 17.0. The standard InChI is InChI=1S/C62H41NO/c1-5-22-42(23-6-1)61(43-24-7-2-8-25-43)52-36-19-15-32-48(52)58-53(61)37-21-38-55(58)63(45-28-11-4-12-29-45)56-41-40-54(59-49-33-16-20-39-57(49)64-60(56)59)62(44-26-9-3-10-27-44)50-34-17-13-30-46(50)47-31-14-18-35-51(47)62/h1-41H. The predicted molar refractivity (Wildman–Crippen MR) is 263 cm³/mol. The number of fused-ring (bicyclic) bond motifs is 9. The molecule has 2 aliphatic rings. The zero-order chi connectivity index (χ0) is 42.2. The summed E-state index contributed by atoms with van der Waals surface area (Å²) < 4.78 is 7.29. The lowest BCUT2D eigenvalue weighted by atomic mass is 9.66. The molecule has 11 aromatic rings. The average Bonchev–Trinajstić information content (AvgIpc) is 4.02. The summed E-state index contributed by atoms with van der Waals surface area (Å²) in [7, 11) is 0. The first-order valence-electron chi connectivity index (χ1n) is 22.2. The zero-order valence-corrected chi connectivity index (χ0v) is 35.0. The lowest BCUT2D eigenvalue weighted by molar-refractivity contribution is 0.668. The fourth-order valence-electron chi connectivity index (χ4n) is 11.6. The summed E-state index contributed by atoms with van der Waals surface area (Å²) in [6, 6.07) is 91.1. The van der Waals surface area contributed by atoms with Gasteiger partial charge in [-0.15, -0.1) is 0 Å². The monoisotopic (exact) mass is 815 g/mol. The van der Waals surface area contributed by atoms with Crippen LogP contribution in [0, 0.1) is 0 Å². The van der Waals surface area contributed by atoms with Gasteiger partial charge in [0, 0.05) is 22.0 Å². The van der Waals surface area contributed by atoms with Crippen LogP contribution in [0.3, 0.4) is 0 Å². The van der Waals surface area contributed by atoms with Crippen LogP contribution in [0.5, 0.6) is 0 Å². The van der Waals surface area contributed by atoms with E-state index in [0.29, 0.717) is 0 Å². The maximum Gasteiger partial charge on any atom is 0.159 e. The minimum Gasteiger partial charge on any atom is -0.454 e. The molecule has 0 bridgehead atoms. The van der Waals surface area contributed by atoms with Gasteiger partial charge >= 0.3 is 0 Å². The van der Waals surface area contributed by atoms with Gasteiger partial charge in [-0.2, -0.15) is 0 Å². The fourth-order valence-corrected chi connectivity index (χ4v) is 11.6. The van der Waals surface area contributed by atoms with Crippen LogP contribution >= 0.6 is 0 Å². The molecular formula is C62H41NO. The van der Waals surface area contributed by atoms with Crippen LogP contribution in [-0.4, -0.2) is 0 Å². The van der Waals surface area contributed by atoms with Crippen molar-refractivity contribution in [1.82, 2.24) is 0 Å². The van der Waals surface area contributed by atoms with Gasteiger partial charge in [-0.1, -0.05) is 218 Å². The van der Waals surface area contributed by atoms with E-state index in [-0.39, 0.29) is 0 Å². The normalized spacial score (nSPS) is 13.9. The van der Waals surface area contributed by atoms with Crippen LogP contribution in [0.25, 0.3) is 44.2 Å². The SMILES string of the molecule is c1ccc(N(c2cccc3c2-c2ccccc2C3(c2ccccc2)c2ccccc2)c2ccc(C3(c4ccccc4)c4ccccc4-c4ccccc43)c3c2oc2ccccc23)cc1. The Kier molecular flexibility index (Phi) is 8.07. The molecule has 0 spiro atoms. The van der Waals surface area contributed by atoms with Crippen molar-refractivity contribution < 1.29 is 4.42 Å². The number of hydrogen-bond acceptors (Lipinski definition) is 2. The average molecular weight is 816 g/mol. The van der Waals surface area contributed by atoms with Crippen LogP contribution in [0.1, 0.15) is 44.5 Å². The van der Waals surface area contributed by atoms with E-state index in [2.05, 4.69) is 254 Å². The number of benzene rings is 10. The van der Waals surface area contributed by atoms with Gasteiger partial charge in [0.15, 0.2) is 5.58 Å². The molecule has 13 rings (SSSR count). The van der Waals surface area contributed by atoms with E-state index in [4.69, 9.17) is 4.42 Å². The molecular weight excluding hydrogens is 775 g/mol. The van der Waals surface area contributed by atoms with E-state index in [9.17, 15) is 0 Å². The molecule has 1 aromatic heterocycles.